The van der Waals surface area contributed by atoms with Crippen molar-refractivity contribution in [3.63, 3.8) is 0 Å². The highest BCUT2D eigenvalue weighted by Crippen LogP contribution is 2.33. The Kier molecular flexibility index (Phi) is 4.25. The Hall–Kier alpha value is -3.01. The van der Waals surface area contributed by atoms with Gasteiger partial charge in [-0.15, -0.1) is 0 Å². The Balaban J connectivity index is 1.66. The highest BCUT2D eigenvalue weighted by molar-refractivity contribution is 5.90. The van der Waals surface area contributed by atoms with Crippen LogP contribution in [0.15, 0.2) is 66.9 Å². The number of fused-ring (bicyclic) bond motifs is 1. The summed E-state index contributed by atoms with van der Waals surface area (Å²) < 4.78 is 2.24. The van der Waals surface area contributed by atoms with E-state index in [0.717, 1.165) is 23.5 Å². The van der Waals surface area contributed by atoms with Crippen molar-refractivity contribution in [3.8, 4) is 0 Å². The summed E-state index contributed by atoms with van der Waals surface area (Å²) in [4.78, 5) is 15.0. The number of aryl methyl sites for hydroxylation is 2. The summed E-state index contributed by atoms with van der Waals surface area (Å²) in [7, 11) is 0. The van der Waals surface area contributed by atoms with E-state index in [1.54, 1.807) is 0 Å². The zero-order chi connectivity index (χ0) is 18.1. The lowest BCUT2D eigenvalue weighted by Gasteiger charge is -2.37. The lowest BCUT2D eigenvalue weighted by Crippen LogP contribution is -2.44. The topological polar surface area (TPSA) is 37.3 Å². The van der Waals surface area contributed by atoms with Crippen molar-refractivity contribution in [2.24, 2.45) is 0 Å². The van der Waals surface area contributed by atoms with E-state index in [4.69, 9.17) is 0 Å². The minimum atomic E-state index is -0.0789. The van der Waals surface area contributed by atoms with E-state index in [-0.39, 0.29) is 12.1 Å². The maximum absolute atomic E-state index is 13.0. The van der Waals surface area contributed by atoms with Crippen LogP contribution in [0, 0.1) is 13.8 Å². The Morgan fingerprint density at radius 2 is 1.58 bits per heavy atom. The highest BCUT2D eigenvalue weighted by atomic mass is 16.2. The van der Waals surface area contributed by atoms with Gasteiger partial charge in [-0.1, -0.05) is 47.5 Å². The number of nitrogens with zero attached hydrogens (tertiary/aromatic N) is 2. The highest BCUT2D eigenvalue weighted by Gasteiger charge is 2.32. The molecule has 132 valence electrons. The number of amides is 2. The number of urea groups is 1. The van der Waals surface area contributed by atoms with E-state index >= 15 is 0 Å². The zero-order valence-electron chi connectivity index (χ0n) is 15.1. The third-order valence-electron chi connectivity index (χ3n) is 5.00. The van der Waals surface area contributed by atoms with Crippen molar-refractivity contribution in [1.29, 1.82) is 0 Å². The second kappa shape index (κ2) is 6.71. The maximum atomic E-state index is 13.0. The standard InChI is InChI=1S/C22H23N3O/c1-16-5-9-18(10-6-16)21-20-4-3-13-24(20)14-15-25(21)22(26)23-19-11-7-17(2)8-12-19/h3-13,21H,14-15H2,1-2H3,(H,23,26)/t21-/m0/s1. The monoisotopic (exact) mass is 345 g/mol. The average Bonchev–Trinajstić information content (AvgIpc) is 3.12. The fourth-order valence-corrected chi connectivity index (χ4v) is 3.53. The fraction of sp³-hybridized carbons (Fsp3) is 0.227. The van der Waals surface area contributed by atoms with Crippen molar-refractivity contribution < 1.29 is 4.79 Å². The van der Waals surface area contributed by atoms with Gasteiger partial charge < -0.3 is 14.8 Å². The van der Waals surface area contributed by atoms with Crippen LogP contribution in [0.2, 0.25) is 0 Å². The van der Waals surface area contributed by atoms with Crippen LogP contribution >= 0.6 is 0 Å². The van der Waals surface area contributed by atoms with Gasteiger partial charge in [0.15, 0.2) is 0 Å². The number of rotatable bonds is 2. The lowest BCUT2D eigenvalue weighted by molar-refractivity contribution is 0.182. The van der Waals surface area contributed by atoms with Gasteiger partial charge in [-0.2, -0.15) is 0 Å². The van der Waals surface area contributed by atoms with Gasteiger partial charge in [0.2, 0.25) is 0 Å². The van der Waals surface area contributed by atoms with E-state index < -0.39 is 0 Å². The molecule has 1 aliphatic heterocycles. The number of carbonyl (C=O) groups is 1. The molecule has 0 saturated carbocycles. The van der Waals surface area contributed by atoms with Crippen LogP contribution in [-0.2, 0) is 6.54 Å². The summed E-state index contributed by atoms with van der Waals surface area (Å²) >= 11 is 0. The average molecular weight is 345 g/mol. The third kappa shape index (κ3) is 3.10. The molecular formula is C22H23N3O. The molecule has 2 amide bonds. The molecule has 1 aliphatic rings. The van der Waals surface area contributed by atoms with E-state index in [9.17, 15) is 4.79 Å². The first-order valence-electron chi connectivity index (χ1n) is 8.98. The number of benzene rings is 2. The van der Waals surface area contributed by atoms with Crippen molar-refractivity contribution >= 4 is 11.7 Å². The maximum Gasteiger partial charge on any atom is 0.322 e. The fourth-order valence-electron chi connectivity index (χ4n) is 3.53. The first-order valence-corrected chi connectivity index (χ1v) is 8.98. The van der Waals surface area contributed by atoms with Crippen LogP contribution in [0.5, 0.6) is 0 Å². The zero-order valence-corrected chi connectivity index (χ0v) is 15.1. The molecule has 4 nitrogen and oxygen atoms in total. The summed E-state index contributed by atoms with van der Waals surface area (Å²) in [5.74, 6) is 0. The van der Waals surface area contributed by atoms with E-state index in [1.807, 2.05) is 36.1 Å². The van der Waals surface area contributed by atoms with Gasteiger partial charge >= 0.3 is 6.03 Å². The number of aromatic nitrogens is 1. The van der Waals surface area contributed by atoms with E-state index in [0.29, 0.717) is 6.54 Å². The third-order valence-corrected chi connectivity index (χ3v) is 5.00. The number of hydrogen-bond donors (Lipinski definition) is 1. The lowest BCUT2D eigenvalue weighted by atomic mass is 9.99. The van der Waals surface area contributed by atoms with Crippen LogP contribution in [0.1, 0.15) is 28.4 Å². The Morgan fingerprint density at radius 3 is 2.27 bits per heavy atom. The molecule has 1 aromatic heterocycles. The molecule has 0 radical (unpaired) electrons. The first-order chi connectivity index (χ1) is 12.6. The molecule has 2 heterocycles. The molecule has 1 N–H and O–H groups in total. The summed E-state index contributed by atoms with van der Waals surface area (Å²) in [5, 5.41) is 3.05. The van der Waals surface area contributed by atoms with Crippen LogP contribution < -0.4 is 5.32 Å². The normalized spacial score (nSPS) is 16.2. The molecule has 3 aromatic rings. The molecule has 0 unspecified atom stereocenters. The van der Waals surface area contributed by atoms with Gasteiger partial charge in [-0.3, -0.25) is 0 Å². The van der Waals surface area contributed by atoms with Crippen molar-refractivity contribution in [1.82, 2.24) is 9.47 Å². The second-order valence-corrected chi connectivity index (χ2v) is 6.93. The van der Waals surface area contributed by atoms with Crippen molar-refractivity contribution in [2.75, 3.05) is 11.9 Å². The van der Waals surface area contributed by atoms with Crippen molar-refractivity contribution in [3.05, 3.63) is 89.2 Å². The molecule has 0 aliphatic carbocycles. The van der Waals surface area contributed by atoms with Gasteiger partial charge in [-0.25, -0.2) is 4.79 Å². The number of hydrogen-bond acceptors (Lipinski definition) is 1. The van der Waals surface area contributed by atoms with Crippen LogP contribution in [-0.4, -0.2) is 22.0 Å². The van der Waals surface area contributed by atoms with E-state index in [1.165, 1.54) is 11.1 Å². The minimum absolute atomic E-state index is 0.0631. The summed E-state index contributed by atoms with van der Waals surface area (Å²) in [6, 6.07) is 20.4. The van der Waals surface area contributed by atoms with Crippen LogP contribution in [0.25, 0.3) is 0 Å². The Labute approximate surface area is 154 Å². The molecule has 4 rings (SSSR count). The number of carbonyl (C=O) groups excluding carboxylic acids is 1. The van der Waals surface area contributed by atoms with Gasteiger partial charge in [-0.05, 0) is 43.7 Å². The molecule has 1 atom stereocenters. The van der Waals surface area contributed by atoms with Crippen LogP contribution in [0.3, 0.4) is 0 Å². The van der Waals surface area contributed by atoms with Gasteiger partial charge in [0.05, 0.1) is 6.04 Å². The molecule has 0 saturated heterocycles. The first kappa shape index (κ1) is 16.5. The Bertz CT molecular complexity index is 909. The predicted octanol–water partition coefficient (Wildman–Crippen LogP) is 4.74. The molecule has 0 fully saturated rings. The molecule has 26 heavy (non-hydrogen) atoms. The summed E-state index contributed by atoms with van der Waals surface area (Å²) in [6.45, 7) is 5.61. The number of anilines is 1. The summed E-state index contributed by atoms with van der Waals surface area (Å²) in [6.07, 6.45) is 2.09. The molecular weight excluding hydrogens is 322 g/mol. The van der Waals surface area contributed by atoms with E-state index in [2.05, 4.69) is 59.4 Å². The largest absolute Gasteiger partial charge is 0.348 e. The number of nitrogens with one attached hydrogen (secondary N) is 1. The van der Waals surface area contributed by atoms with Crippen LogP contribution in [0.4, 0.5) is 10.5 Å². The molecule has 2 aromatic carbocycles. The predicted molar refractivity (Wildman–Crippen MR) is 104 cm³/mol. The van der Waals surface area contributed by atoms with Gasteiger partial charge in [0.1, 0.15) is 0 Å². The quantitative estimate of drug-likeness (QED) is 0.715. The van der Waals surface area contributed by atoms with Gasteiger partial charge in [0, 0.05) is 30.7 Å². The molecule has 4 heteroatoms. The summed E-state index contributed by atoms with van der Waals surface area (Å²) in [5.41, 5.74) is 5.50. The molecule has 0 spiro atoms. The van der Waals surface area contributed by atoms with Crippen molar-refractivity contribution in [2.45, 2.75) is 26.4 Å². The smallest absolute Gasteiger partial charge is 0.322 e. The molecule has 0 bridgehead atoms. The Morgan fingerprint density at radius 1 is 0.923 bits per heavy atom. The SMILES string of the molecule is Cc1ccc(NC(=O)N2CCn3cccc3[C@@H]2c2ccc(C)cc2)cc1. The second-order valence-electron chi connectivity index (χ2n) is 6.93. The minimum Gasteiger partial charge on any atom is -0.348 e. The van der Waals surface area contributed by atoms with Gasteiger partial charge in [0.25, 0.3) is 0 Å².